The van der Waals surface area contributed by atoms with Gasteiger partial charge in [-0.3, -0.25) is 9.10 Å². The van der Waals surface area contributed by atoms with Gasteiger partial charge in [0.15, 0.2) is 5.78 Å². The number of carbonyl (C=O) groups is 1. The quantitative estimate of drug-likeness (QED) is 0.836. The number of benzene rings is 2. The maximum Gasteiger partial charge on any atom is 0.235 e. The van der Waals surface area contributed by atoms with Crippen LogP contribution in [0.4, 0.5) is 5.69 Å². The highest BCUT2D eigenvalue weighted by atomic mass is 32.2. The van der Waals surface area contributed by atoms with Gasteiger partial charge in [0.2, 0.25) is 10.0 Å². The second-order valence-electron chi connectivity index (χ2n) is 6.12. The van der Waals surface area contributed by atoms with Gasteiger partial charge in [0.25, 0.3) is 0 Å². The van der Waals surface area contributed by atoms with Crippen LogP contribution in [0.15, 0.2) is 48.5 Å². The highest BCUT2D eigenvalue weighted by molar-refractivity contribution is 7.92. The van der Waals surface area contributed by atoms with Gasteiger partial charge in [0.05, 0.1) is 11.4 Å². The largest absolute Gasteiger partial charge is 0.294 e. The number of aryl methyl sites for hydroxylation is 2. The van der Waals surface area contributed by atoms with Gasteiger partial charge in [-0.25, -0.2) is 8.42 Å². The number of rotatable bonds is 5. The molecule has 0 saturated heterocycles. The molecule has 1 aliphatic heterocycles. The molecule has 0 amide bonds. The van der Waals surface area contributed by atoms with Crippen molar-refractivity contribution in [2.24, 2.45) is 0 Å². The number of sulfonamides is 1. The molecule has 3 rings (SSSR count). The van der Waals surface area contributed by atoms with Gasteiger partial charge in [-0.05, 0) is 37.0 Å². The van der Waals surface area contributed by atoms with Gasteiger partial charge >= 0.3 is 0 Å². The van der Waals surface area contributed by atoms with Gasteiger partial charge in [0, 0.05) is 18.5 Å². The van der Waals surface area contributed by atoms with E-state index in [2.05, 4.69) is 0 Å². The van der Waals surface area contributed by atoms with Crippen molar-refractivity contribution in [3.8, 4) is 0 Å². The number of fused-ring (bicyclic) bond motifs is 1. The van der Waals surface area contributed by atoms with Crippen LogP contribution in [0.2, 0.25) is 0 Å². The van der Waals surface area contributed by atoms with Crippen LogP contribution in [-0.2, 0) is 16.4 Å². The van der Waals surface area contributed by atoms with Crippen molar-refractivity contribution in [2.75, 3.05) is 16.6 Å². The molecule has 0 bridgehead atoms. The molecular formula is C19H21NO3S. The van der Waals surface area contributed by atoms with Gasteiger partial charge in [-0.1, -0.05) is 42.5 Å². The summed E-state index contributed by atoms with van der Waals surface area (Å²) in [5, 5.41) is 0. The third-order valence-corrected chi connectivity index (χ3v) is 6.22. The van der Waals surface area contributed by atoms with Crippen LogP contribution in [0.3, 0.4) is 0 Å². The van der Waals surface area contributed by atoms with E-state index in [4.69, 9.17) is 0 Å². The standard InChI is InChI=1S/C19H21NO3S/c1-15-7-5-11-17-18(21)12-13-20(19(15)17)24(22,23)14-6-10-16-8-3-2-4-9-16/h2-5,7-9,11H,6,10,12-14H2,1H3. The van der Waals surface area contributed by atoms with Crippen molar-refractivity contribution in [3.63, 3.8) is 0 Å². The Kier molecular flexibility index (Phi) is 4.71. The zero-order chi connectivity index (χ0) is 17.2. The summed E-state index contributed by atoms with van der Waals surface area (Å²) in [6.45, 7) is 2.09. The van der Waals surface area contributed by atoms with Crippen LogP contribution >= 0.6 is 0 Å². The Bertz CT molecular complexity index is 844. The van der Waals surface area contributed by atoms with E-state index in [-0.39, 0.29) is 24.5 Å². The Morgan fingerprint density at radius 3 is 2.54 bits per heavy atom. The number of hydrogen-bond donors (Lipinski definition) is 0. The second kappa shape index (κ2) is 6.77. The smallest absolute Gasteiger partial charge is 0.235 e. The van der Waals surface area contributed by atoms with Gasteiger partial charge < -0.3 is 0 Å². The normalized spacial score (nSPS) is 14.5. The summed E-state index contributed by atoms with van der Waals surface area (Å²) in [4.78, 5) is 12.1. The van der Waals surface area contributed by atoms with Gasteiger partial charge in [0.1, 0.15) is 0 Å². The summed E-state index contributed by atoms with van der Waals surface area (Å²) in [7, 11) is -3.43. The van der Waals surface area contributed by atoms with Crippen molar-refractivity contribution in [1.82, 2.24) is 0 Å². The van der Waals surface area contributed by atoms with Crippen LogP contribution in [0.1, 0.15) is 34.3 Å². The number of anilines is 1. The molecule has 0 atom stereocenters. The third kappa shape index (κ3) is 3.36. The molecule has 0 radical (unpaired) electrons. The summed E-state index contributed by atoms with van der Waals surface area (Å²) in [5.41, 5.74) is 3.05. The molecular weight excluding hydrogens is 322 g/mol. The van der Waals surface area contributed by atoms with Gasteiger partial charge in [-0.2, -0.15) is 0 Å². The van der Waals surface area contributed by atoms with E-state index in [9.17, 15) is 13.2 Å². The Morgan fingerprint density at radius 2 is 1.79 bits per heavy atom. The molecule has 4 nitrogen and oxygen atoms in total. The molecule has 1 heterocycles. The first-order valence-electron chi connectivity index (χ1n) is 8.16. The second-order valence-corrected chi connectivity index (χ2v) is 8.13. The highest BCUT2D eigenvalue weighted by Gasteiger charge is 2.31. The molecule has 1 aliphatic rings. The van der Waals surface area contributed by atoms with Crippen LogP contribution in [-0.4, -0.2) is 26.5 Å². The number of hydrogen-bond acceptors (Lipinski definition) is 3. The molecule has 0 spiro atoms. The number of Topliss-reactive ketones (excluding diaryl/α,β-unsaturated/α-hetero) is 1. The molecule has 0 fully saturated rings. The van der Waals surface area contributed by atoms with E-state index in [1.54, 1.807) is 12.1 Å². The zero-order valence-electron chi connectivity index (χ0n) is 13.7. The molecule has 2 aromatic carbocycles. The fourth-order valence-electron chi connectivity index (χ4n) is 3.16. The minimum atomic E-state index is -3.43. The topological polar surface area (TPSA) is 54.5 Å². The Labute approximate surface area is 143 Å². The molecule has 126 valence electrons. The molecule has 0 saturated carbocycles. The molecule has 0 aromatic heterocycles. The lowest BCUT2D eigenvalue weighted by Crippen LogP contribution is -2.39. The number of carbonyl (C=O) groups excluding carboxylic acids is 1. The summed E-state index contributed by atoms with van der Waals surface area (Å²) >= 11 is 0. The average Bonchev–Trinajstić information content (AvgIpc) is 2.56. The highest BCUT2D eigenvalue weighted by Crippen LogP contribution is 2.32. The number of ketones is 1. The van der Waals surface area contributed by atoms with Gasteiger partial charge in [-0.15, -0.1) is 0 Å². The van der Waals surface area contributed by atoms with E-state index in [0.717, 1.165) is 17.5 Å². The van der Waals surface area contributed by atoms with E-state index in [1.165, 1.54) is 4.31 Å². The van der Waals surface area contributed by atoms with E-state index in [0.29, 0.717) is 17.7 Å². The first-order chi connectivity index (χ1) is 11.5. The van der Waals surface area contributed by atoms with Crippen molar-refractivity contribution in [1.29, 1.82) is 0 Å². The summed E-state index contributed by atoms with van der Waals surface area (Å²) < 4.78 is 27.1. The molecule has 2 aromatic rings. The lowest BCUT2D eigenvalue weighted by Gasteiger charge is -2.31. The van der Waals surface area contributed by atoms with E-state index in [1.807, 2.05) is 43.3 Å². The van der Waals surface area contributed by atoms with Crippen molar-refractivity contribution < 1.29 is 13.2 Å². The molecule has 0 unspecified atom stereocenters. The summed E-state index contributed by atoms with van der Waals surface area (Å²) in [5.74, 6) is 0.105. The predicted molar refractivity (Wildman–Crippen MR) is 96.0 cm³/mol. The fourth-order valence-corrected chi connectivity index (χ4v) is 4.78. The molecule has 24 heavy (non-hydrogen) atoms. The monoisotopic (exact) mass is 343 g/mol. The fraction of sp³-hybridized carbons (Fsp3) is 0.316. The molecule has 5 heteroatoms. The van der Waals surface area contributed by atoms with Crippen molar-refractivity contribution in [2.45, 2.75) is 26.2 Å². The maximum atomic E-state index is 12.8. The summed E-state index contributed by atoms with van der Waals surface area (Å²) in [6, 6.07) is 15.2. The Morgan fingerprint density at radius 1 is 1.04 bits per heavy atom. The molecule has 0 aliphatic carbocycles. The SMILES string of the molecule is Cc1cccc2c1N(S(=O)(=O)CCCc1ccccc1)CCC2=O. The number of nitrogens with zero attached hydrogens (tertiary/aromatic N) is 1. The lowest BCUT2D eigenvalue weighted by atomic mass is 9.99. The summed E-state index contributed by atoms with van der Waals surface area (Å²) in [6.07, 6.45) is 1.54. The van der Waals surface area contributed by atoms with Crippen molar-refractivity contribution >= 4 is 21.5 Å². The van der Waals surface area contributed by atoms with Crippen LogP contribution in [0, 0.1) is 6.92 Å². The van der Waals surface area contributed by atoms with Crippen LogP contribution in [0.25, 0.3) is 0 Å². The number of para-hydroxylation sites is 1. The van der Waals surface area contributed by atoms with Crippen LogP contribution in [0.5, 0.6) is 0 Å². The van der Waals surface area contributed by atoms with Crippen LogP contribution < -0.4 is 4.31 Å². The Hall–Kier alpha value is -2.14. The minimum absolute atomic E-state index is 0.0180. The molecule has 0 N–H and O–H groups in total. The maximum absolute atomic E-state index is 12.8. The van der Waals surface area contributed by atoms with Crippen molar-refractivity contribution in [3.05, 3.63) is 65.2 Å². The Balaban J connectivity index is 1.78. The van der Waals surface area contributed by atoms with E-state index >= 15 is 0 Å². The zero-order valence-corrected chi connectivity index (χ0v) is 14.6. The average molecular weight is 343 g/mol. The lowest BCUT2D eigenvalue weighted by molar-refractivity contribution is 0.0982. The minimum Gasteiger partial charge on any atom is -0.294 e. The van der Waals surface area contributed by atoms with E-state index < -0.39 is 10.0 Å². The first kappa shape index (κ1) is 16.7. The first-order valence-corrected chi connectivity index (χ1v) is 9.77. The predicted octanol–water partition coefficient (Wildman–Crippen LogP) is 3.35. The third-order valence-electron chi connectivity index (χ3n) is 4.38.